The number of carbonyl (C=O) groups is 2. The molecular weight excluding hydrogens is 326 g/mol. The summed E-state index contributed by atoms with van der Waals surface area (Å²) in [7, 11) is -4.71. The van der Waals surface area contributed by atoms with Gasteiger partial charge in [-0.3, -0.25) is 13.7 Å². The normalized spacial score (nSPS) is 13.4. The van der Waals surface area contributed by atoms with Gasteiger partial charge in [-0.25, -0.2) is 4.79 Å². The summed E-state index contributed by atoms with van der Waals surface area (Å²) in [5.41, 5.74) is -0.540. The molecule has 0 fully saturated rings. The fourth-order valence-corrected chi connectivity index (χ4v) is 2.60. The average Bonchev–Trinajstić information content (AvgIpc) is 2.41. The highest BCUT2D eigenvalue weighted by Crippen LogP contribution is 2.16. The molecule has 6 nitrogen and oxygen atoms in total. The molecule has 0 radical (unpaired) electrons. The van der Waals surface area contributed by atoms with Gasteiger partial charge >= 0.3 is 5.97 Å². The number of ketones is 1. The van der Waals surface area contributed by atoms with Crippen molar-refractivity contribution in [3.05, 3.63) is 35.4 Å². The number of hydrogen-bond donors (Lipinski definition) is 1. The van der Waals surface area contributed by atoms with E-state index in [1.807, 2.05) is 0 Å². The van der Waals surface area contributed by atoms with Crippen molar-refractivity contribution in [2.75, 3.05) is 6.67 Å². The van der Waals surface area contributed by atoms with Crippen LogP contribution in [0, 0.1) is 0 Å². The fraction of sp³-hybridized carbons (Fsp3) is 0.467. The van der Waals surface area contributed by atoms with Crippen molar-refractivity contribution < 1.29 is 31.7 Å². The van der Waals surface area contributed by atoms with E-state index < -0.39 is 45.8 Å². The van der Waals surface area contributed by atoms with Crippen LogP contribution in [-0.4, -0.2) is 42.2 Å². The van der Waals surface area contributed by atoms with Crippen molar-refractivity contribution in [1.82, 2.24) is 0 Å². The highest BCUT2D eigenvalue weighted by Gasteiger charge is 2.31. The van der Waals surface area contributed by atoms with Gasteiger partial charge in [0.2, 0.25) is 0 Å². The first-order valence-electron chi connectivity index (χ1n) is 6.85. The van der Waals surface area contributed by atoms with Crippen LogP contribution in [0.3, 0.4) is 0 Å². The van der Waals surface area contributed by atoms with Gasteiger partial charge in [-0.15, -0.1) is 0 Å². The van der Waals surface area contributed by atoms with Crippen LogP contribution in [0.4, 0.5) is 4.39 Å². The predicted octanol–water partition coefficient (Wildman–Crippen LogP) is 2.44. The van der Waals surface area contributed by atoms with Gasteiger partial charge in [0.25, 0.3) is 10.1 Å². The molecule has 0 amide bonds. The minimum Gasteiger partial charge on any atom is -0.456 e. The van der Waals surface area contributed by atoms with Gasteiger partial charge in [0.1, 0.15) is 5.60 Å². The summed E-state index contributed by atoms with van der Waals surface area (Å²) >= 11 is 0. The summed E-state index contributed by atoms with van der Waals surface area (Å²) in [5.74, 6) is -1.52. The molecule has 1 aromatic carbocycles. The van der Waals surface area contributed by atoms with E-state index in [4.69, 9.17) is 9.29 Å². The monoisotopic (exact) mass is 345 g/mol. The topological polar surface area (TPSA) is 97.7 Å². The van der Waals surface area contributed by atoms with Crippen molar-refractivity contribution in [2.45, 2.75) is 38.0 Å². The fourth-order valence-electron chi connectivity index (χ4n) is 1.81. The van der Waals surface area contributed by atoms with Crippen LogP contribution in [-0.2, 0) is 14.9 Å². The maximum absolute atomic E-state index is 12.4. The minimum atomic E-state index is -4.71. The number of esters is 1. The molecule has 0 aliphatic heterocycles. The van der Waals surface area contributed by atoms with Crippen LogP contribution in [0.2, 0.25) is 0 Å². The summed E-state index contributed by atoms with van der Waals surface area (Å²) in [6, 6.07) is 5.08. The Hall–Kier alpha value is -1.80. The zero-order valence-corrected chi connectivity index (χ0v) is 13.9. The quantitative estimate of drug-likeness (QED) is 0.483. The van der Waals surface area contributed by atoms with Gasteiger partial charge in [-0.1, -0.05) is 12.1 Å². The molecule has 23 heavy (non-hydrogen) atoms. The van der Waals surface area contributed by atoms with Gasteiger partial charge in [0.05, 0.1) is 12.2 Å². The number of carbonyl (C=O) groups excluding carboxylic acids is 2. The van der Waals surface area contributed by atoms with Gasteiger partial charge < -0.3 is 4.74 Å². The highest BCUT2D eigenvalue weighted by molar-refractivity contribution is 7.87. The lowest BCUT2D eigenvalue weighted by molar-refractivity contribution is 0.00693. The second-order valence-corrected chi connectivity index (χ2v) is 7.52. The van der Waals surface area contributed by atoms with E-state index >= 15 is 0 Å². The van der Waals surface area contributed by atoms with E-state index in [1.54, 1.807) is 20.8 Å². The van der Waals surface area contributed by atoms with Crippen molar-refractivity contribution in [3.8, 4) is 0 Å². The Morgan fingerprint density at radius 3 is 2.04 bits per heavy atom. The zero-order chi connectivity index (χ0) is 17.8. The molecule has 0 saturated carbocycles. The average molecular weight is 345 g/mol. The molecule has 128 valence electrons. The zero-order valence-electron chi connectivity index (χ0n) is 13.1. The Balaban J connectivity index is 2.99. The first-order valence-corrected chi connectivity index (χ1v) is 8.36. The molecule has 1 N–H and O–H groups in total. The van der Waals surface area contributed by atoms with Crippen LogP contribution < -0.4 is 0 Å². The van der Waals surface area contributed by atoms with Gasteiger partial charge in [-0.2, -0.15) is 8.42 Å². The van der Waals surface area contributed by atoms with E-state index in [1.165, 1.54) is 24.3 Å². The molecule has 1 aromatic rings. The van der Waals surface area contributed by atoms with E-state index in [9.17, 15) is 22.4 Å². The van der Waals surface area contributed by atoms with Crippen LogP contribution in [0.25, 0.3) is 0 Å². The summed E-state index contributed by atoms with van der Waals surface area (Å²) < 4.78 is 48.9. The molecule has 0 aromatic heterocycles. The maximum atomic E-state index is 12.4. The molecule has 0 heterocycles. The summed E-state index contributed by atoms with van der Waals surface area (Å²) in [6.45, 7) is 4.05. The molecule has 1 atom stereocenters. The first-order chi connectivity index (χ1) is 10.5. The van der Waals surface area contributed by atoms with Crippen molar-refractivity contribution in [3.63, 3.8) is 0 Å². The summed E-state index contributed by atoms with van der Waals surface area (Å²) in [6.07, 6.45) is -0.633. The Labute approximate surface area is 134 Å². The lowest BCUT2D eigenvalue weighted by Gasteiger charge is -2.19. The number of ether oxygens (including phenoxy) is 1. The highest BCUT2D eigenvalue weighted by atomic mass is 32.2. The van der Waals surface area contributed by atoms with E-state index in [-0.39, 0.29) is 11.1 Å². The van der Waals surface area contributed by atoms with E-state index in [0.717, 1.165) is 0 Å². The molecule has 1 rings (SSSR count). The number of halogens is 1. The Morgan fingerprint density at radius 1 is 1.17 bits per heavy atom. The Bertz CT molecular complexity index is 673. The standard InChI is InChI=1S/C15H19FO6S/c1-15(2,3)22-14(18)11-6-4-10(5-7-11)13(17)12(8-9-16)23(19,20)21/h4-7,12H,8-9H2,1-3H3,(H,19,20,21)/i16-1. The van der Waals surface area contributed by atoms with Crippen LogP contribution in [0.15, 0.2) is 24.3 Å². The molecule has 0 aliphatic carbocycles. The third kappa shape index (κ3) is 5.72. The molecule has 0 aliphatic rings. The predicted molar refractivity (Wildman–Crippen MR) is 81.9 cm³/mol. The summed E-state index contributed by atoms with van der Waals surface area (Å²) in [5, 5.41) is -1.86. The molecule has 1 unspecified atom stereocenters. The lowest BCUT2D eigenvalue weighted by atomic mass is 10.0. The van der Waals surface area contributed by atoms with Gasteiger partial charge in [-0.05, 0) is 32.9 Å². The Kier molecular flexibility index (Phi) is 6.01. The Morgan fingerprint density at radius 2 is 1.65 bits per heavy atom. The molecule has 0 spiro atoms. The number of rotatable bonds is 6. The minimum absolute atomic E-state index is 0.0478. The second-order valence-electron chi connectivity index (χ2n) is 5.92. The van der Waals surface area contributed by atoms with E-state index in [0.29, 0.717) is 0 Å². The van der Waals surface area contributed by atoms with Crippen molar-refractivity contribution in [2.24, 2.45) is 0 Å². The maximum Gasteiger partial charge on any atom is 0.338 e. The largest absolute Gasteiger partial charge is 0.456 e. The lowest BCUT2D eigenvalue weighted by Crippen LogP contribution is -2.30. The third-order valence-electron chi connectivity index (χ3n) is 2.83. The van der Waals surface area contributed by atoms with Crippen LogP contribution in [0.5, 0.6) is 0 Å². The molecule has 0 bridgehead atoms. The van der Waals surface area contributed by atoms with Crippen molar-refractivity contribution >= 4 is 21.9 Å². The first kappa shape index (κ1) is 19.2. The number of alkyl halides is 1. The van der Waals surface area contributed by atoms with Gasteiger partial charge in [0, 0.05) is 12.0 Å². The van der Waals surface area contributed by atoms with E-state index in [2.05, 4.69) is 0 Å². The number of hydrogen-bond acceptors (Lipinski definition) is 5. The molecular formula is C15H19FO6S. The van der Waals surface area contributed by atoms with Gasteiger partial charge in [0.15, 0.2) is 11.0 Å². The number of Topliss-reactive ketones (excluding diaryl/α,β-unsaturated/α-hetero) is 1. The molecule has 0 saturated heterocycles. The van der Waals surface area contributed by atoms with Crippen LogP contribution >= 0.6 is 0 Å². The van der Waals surface area contributed by atoms with Crippen molar-refractivity contribution in [1.29, 1.82) is 0 Å². The SMILES string of the molecule is CC(C)(C)OC(=O)c1ccc(C(=O)C(CC[18F])S(=O)(=O)O)cc1. The second kappa shape index (κ2) is 7.18. The summed E-state index contributed by atoms with van der Waals surface area (Å²) in [4.78, 5) is 23.9. The van der Waals surface area contributed by atoms with Crippen LogP contribution in [0.1, 0.15) is 47.9 Å². The third-order valence-corrected chi connectivity index (χ3v) is 4.00. The number of benzene rings is 1. The molecule has 8 heteroatoms. The smallest absolute Gasteiger partial charge is 0.338 e.